The Morgan fingerprint density at radius 1 is 0.315 bits per heavy atom. The second-order valence-corrected chi connectivity index (χ2v) is 13.8. The summed E-state index contributed by atoms with van der Waals surface area (Å²) in [4.78, 5) is 10.8. The standard InChI is InChI=1S/C50H32N4/c1-4-16-33(17-5-1)36-30-37(34-18-6-2-7-19-34)32-38(31-36)53-45-26-14-10-22-39(45)41-28-29-42-40-23-11-15-27-46(40)54(49(42)48(41)53)50-47(35-20-8-3-9-21-35)51-43-24-12-13-25-44(43)52-50/h1-32H. The number of rotatable bonds is 5. The first kappa shape index (κ1) is 30.3. The lowest BCUT2D eigenvalue weighted by Crippen LogP contribution is -2.05. The van der Waals surface area contributed by atoms with Crippen molar-refractivity contribution in [3.63, 3.8) is 0 Å². The molecule has 4 nitrogen and oxygen atoms in total. The van der Waals surface area contributed by atoms with Crippen molar-refractivity contribution in [1.29, 1.82) is 0 Å². The Labute approximate surface area is 311 Å². The molecule has 0 bridgehead atoms. The minimum Gasteiger partial charge on any atom is -0.307 e. The van der Waals surface area contributed by atoms with Gasteiger partial charge in [0.1, 0.15) is 5.69 Å². The summed E-state index contributed by atoms with van der Waals surface area (Å²) in [6, 6.07) is 69.1. The van der Waals surface area contributed by atoms with Crippen molar-refractivity contribution in [2.24, 2.45) is 0 Å². The van der Waals surface area contributed by atoms with Crippen LogP contribution in [0, 0.1) is 0 Å². The SMILES string of the molecule is c1ccc(-c2cc(-c3ccccc3)cc(-n3c4ccccc4c4ccc5c6ccccc6n(-c6nc7ccccc7nc6-c6ccccc6)c5c43)c2)cc1. The summed E-state index contributed by atoms with van der Waals surface area (Å²) in [5.74, 6) is 0.804. The molecule has 0 spiro atoms. The molecule has 4 heteroatoms. The zero-order valence-electron chi connectivity index (χ0n) is 29.3. The van der Waals surface area contributed by atoms with E-state index in [1.807, 2.05) is 24.3 Å². The topological polar surface area (TPSA) is 35.6 Å². The molecule has 3 heterocycles. The maximum Gasteiger partial charge on any atom is 0.165 e. The van der Waals surface area contributed by atoms with Crippen molar-refractivity contribution in [3.8, 4) is 45.0 Å². The number of fused-ring (bicyclic) bond motifs is 8. The van der Waals surface area contributed by atoms with Gasteiger partial charge in [0.15, 0.2) is 5.82 Å². The minimum atomic E-state index is 0.804. The molecular formula is C50H32N4. The van der Waals surface area contributed by atoms with Gasteiger partial charge in [-0.1, -0.05) is 152 Å². The smallest absolute Gasteiger partial charge is 0.165 e. The largest absolute Gasteiger partial charge is 0.307 e. The molecule has 11 rings (SSSR count). The maximum atomic E-state index is 5.46. The zero-order chi connectivity index (χ0) is 35.6. The van der Waals surface area contributed by atoms with Crippen LogP contribution in [0.3, 0.4) is 0 Å². The summed E-state index contributed by atoms with van der Waals surface area (Å²) >= 11 is 0. The van der Waals surface area contributed by atoms with Crippen molar-refractivity contribution in [1.82, 2.24) is 19.1 Å². The lowest BCUT2D eigenvalue weighted by atomic mass is 9.98. The monoisotopic (exact) mass is 688 g/mol. The van der Waals surface area contributed by atoms with Gasteiger partial charge >= 0.3 is 0 Å². The van der Waals surface area contributed by atoms with E-state index >= 15 is 0 Å². The van der Waals surface area contributed by atoms with Crippen LogP contribution in [0.1, 0.15) is 0 Å². The molecule has 0 aliphatic rings. The second kappa shape index (κ2) is 12.1. The lowest BCUT2D eigenvalue weighted by molar-refractivity contribution is 1.08. The average Bonchev–Trinajstić information content (AvgIpc) is 3.77. The van der Waals surface area contributed by atoms with Crippen molar-refractivity contribution in [3.05, 3.63) is 194 Å². The van der Waals surface area contributed by atoms with Crippen LogP contribution in [0.4, 0.5) is 0 Å². The van der Waals surface area contributed by atoms with Crippen LogP contribution in [0.2, 0.25) is 0 Å². The van der Waals surface area contributed by atoms with Gasteiger partial charge in [0.25, 0.3) is 0 Å². The van der Waals surface area contributed by atoms with E-state index in [-0.39, 0.29) is 0 Å². The summed E-state index contributed by atoms with van der Waals surface area (Å²) in [5.41, 5.74) is 13.8. The predicted molar refractivity (Wildman–Crippen MR) is 225 cm³/mol. The number of para-hydroxylation sites is 4. The maximum absolute atomic E-state index is 5.46. The average molecular weight is 689 g/mol. The van der Waals surface area contributed by atoms with Gasteiger partial charge in [-0.3, -0.25) is 4.57 Å². The quantitative estimate of drug-likeness (QED) is 0.180. The fourth-order valence-corrected chi connectivity index (χ4v) is 8.26. The van der Waals surface area contributed by atoms with Gasteiger partial charge in [0.05, 0.1) is 33.1 Å². The third-order valence-electron chi connectivity index (χ3n) is 10.7. The second-order valence-electron chi connectivity index (χ2n) is 13.8. The van der Waals surface area contributed by atoms with E-state index in [9.17, 15) is 0 Å². The molecule has 0 radical (unpaired) electrons. The van der Waals surface area contributed by atoms with E-state index in [4.69, 9.17) is 9.97 Å². The molecule has 0 N–H and O–H groups in total. The predicted octanol–water partition coefficient (Wildman–Crippen LogP) is 12.8. The Morgan fingerprint density at radius 3 is 1.33 bits per heavy atom. The molecule has 0 fully saturated rings. The molecule has 0 amide bonds. The van der Waals surface area contributed by atoms with E-state index in [0.717, 1.165) is 67.0 Å². The summed E-state index contributed by atoms with van der Waals surface area (Å²) in [5, 5.41) is 4.72. The van der Waals surface area contributed by atoms with E-state index < -0.39 is 0 Å². The van der Waals surface area contributed by atoms with Gasteiger partial charge in [-0.25, -0.2) is 9.97 Å². The number of aromatic nitrogens is 4. The van der Waals surface area contributed by atoms with Gasteiger partial charge < -0.3 is 4.57 Å². The minimum absolute atomic E-state index is 0.804. The van der Waals surface area contributed by atoms with Crippen LogP contribution < -0.4 is 0 Å². The highest BCUT2D eigenvalue weighted by Gasteiger charge is 2.24. The summed E-state index contributed by atoms with van der Waals surface area (Å²) < 4.78 is 4.83. The summed E-state index contributed by atoms with van der Waals surface area (Å²) in [6.45, 7) is 0. The van der Waals surface area contributed by atoms with Crippen LogP contribution >= 0.6 is 0 Å². The third-order valence-corrected chi connectivity index (χ3v) is 10.7. The number of benzene rings is 8. The Kier molecular flexibility index (Phi) is 6.82. The fourth-order valence-electron chi connectivity index (χ4n) is 8.26. The first-order valence-electron chi connectivity index (χ1n) is 18.3. The van der Waals surface area contributed by atoms with Crippen LogP contribution in [0.15, 0.2) is 194 Å². The molecule has 3 aromatic heterocycles. The molecule has 0 atom stereocenters. The van der Waals surface area contributed by atoms with Gasteiger partial charge in [0.2, 0.25) is 0 Å². The molecule has 54 heavy (non-hydrogen) atoms. The Bertz CT molecular complexity index is 3140. The molecule has 0 saturated heterocycles. The molecule has 0 aliphatic carbocycles. The van der Waals surface area contributed by atoms with Crippen LogP contribution in [-0.2, 0) is 0 Å². The van der Waals surface area contributed by atoms with Gasteiger partial charge in [-0.2, -0.15) is 0 Å². The van der Waals surface area contributed by atoms with E-state index in [1.165, 1.54) is 32.7 Å². The summed E-state index contributed by atoms with van der Waals surface area (Å²) in [6.07, 6.45) is 0. The summed E-state index contributed by atoms with van der Waals surface area (Å²) in [7, 11) is 0. The van der Waals surface area contributed by atoms with Crippen LogP contribution in [0.5, 0.6) is 0 Å². The fraction of sp³-hybridized carbons (Fsp3) is 0. The Morgan fingerprint density at radius 2 is 0.759 bits per heavy atom. The number of hydrogen-bond acceptors (Lipinski definition) is 2. The molecule has 0 saturated carbocycles. The Balaban J connectivity index is 1.33. The molecule has 0 unspecified atom stereocenters. The van der Waals surface area contributed by atoms with Crippen LogP contribution in [0.25, 0.3) is 99.7 Å². The highest BCUT2D eigenvalue weighted by Crippen LogP contribution is 2.43. The van der Waals surface area contributed by atoms with Crippen LogP contribution in [-0.4, -0.2) is 19.1 Å². The van der Waals surface area contributed by atoms with Gasteiger partial charge in [0, 0.05) is 32.8 Å². The normalized spacial score (nSPS) is 11.7. The number of hydrogen-bond donors (Lipinski definition) is 0. The van der Waals surface area contributed by atoms with Crippen molar-refractivity contribution < 1.29 is 0 Å². The molecule has 252 valence electrons. The van der Waals surface area contributed by atoms with E-state index in [1.54, 1.807) is 0 Å². The van der Waals surface area contributed by atoms with Crippen molar-refractivity contribution >= 4 is 54.6 Å². The number of nitrogens with zero attached hydrogens (tertiary/aromatic N) is 4. The van der Waals surface area contributed by atoms with E-state index in [0.29, 0.717) is 0 Å². The van der Waals surface area contributed by atoms with Crippen molar-refractivity contribution in [2.75, 3.05) is 0 Å². The van der Waals surface area contributed by atoms with Gasteiger partial charge in [-0.05, 0) is 64.7 Å². The zero-order valence-corrected chi connectivity index (χ0v) is 29.3. The van der Waals surface area contributed by atoms with E-state index in [2.05, 4.69) is 179 Å². The molecular weight excluding hydrogens is 657 g/mol. The Hall–Kier alpha value is -7.30. The molecule has 11 aromatic rings. The highest BCUT2D eigenvalue weighted by molar-refractivity contribution is 6.24. The lowest BCUT2D eigenvalue weighted by Gasteiger charge is -2.17. The first-order valence-corrected chi connectivity index (χ1v) is 18.3. The molecule has 0 aliphatic heterocycles. The third kappa shape index (κ3) is 4.70. The van der Waals surface area contributed by atoms with Crippen molar-refractivity contribution in [2.45, 2.75) is 0 Å². The highest BCUT2D eigenvalue weighted by atomic mass is 15.1. The molecule has 8 aromatic carbocycles. The first-order chi connectivity index (χ1) is 26.8. The van der Waals surface area contributed by atoms with Gasteiger partial charge in [-0.15, -0.1) is 0 Å².